The number of rotatable bonds is 3. The maximum atomic E-state index is 13.7. The third kappa shape index (κ3) is 1.59. The highest BCUT2D eigenvalue weighted by molar-refractivity contribution is 6.32. The molecule has 0 amide bonds. The van der Waals surface area contributed by atoms with Crippen molar-refractivity contribution in [2.45, 2.75) is 25.2 Å². The summed E-state index contributed by atoms with van der Waals surface area (Å²) in [6.07, 6.45) is 1.95. The molecule has 1 aliphatic carbocycles. The van der Waals surface area contributed by atoms with Gasteiger partial charge in [-0.1, -0.05) is 11.6 Å². The van der Waals surface area contributed by atoms with Gasteiger partial charge in [-0.2, -0.15) is 0 Å². The molecule has 1 aromatic rings. The SMILES string of the molecule is COc1c(Cl)cc(F)c(C)c1C1(CN)CC1. The van der Waals surface area contributed by atoms with Gasteiger partial charge < -0.3 is 10.5 Å². The van der Waals surface area contributed by atoms with Gasteiger partial charge in [0.1, 0.15) is 11.6 Å². The Bertz CT molecular complexity index is 430. The van der Waals surface area contributed by atoms with Gasteiger partial charge in [-0.15, -0.1) is 0 Å². The molecule has 0 heterocycles. The fraction of sp³-hybridized carbons (Fsp3) is 0.500. The summed E-state index contributed by atoms with van der Waals surface area (Å²) < 4.78 is 19.0. The summed E-state index contributed by atoms with van der Waals surface area (Å²) in [4.78, 5) is 0. The summed E-state index contributed by atoms with van der Waals surface area (Å²) >= 11 is 5.99. The van der Waals surface area contributed by atoms with Gasteiger partial charge in [-0.05, 0) is 31.4 Å². The fourth-order valence-electron chi connectivity index (χ4n) is 2.24. The van der Waals surface area contributed by atoms with E-state index in [1.165, 1.54) is 6.07 Å². The summed E-state index contributed by atoms with van der Waals surface area (Å²) in [5.41, 5.74) is 7.10. The Morgan fingerprint density at radius 3 is 2.62 bits per heavy atom. The van der Waals surface area contributed by atoms with E-state index < -0.39 is 0 Å². The minimum atomic E-state index is -0.291. The average Bonchev–Trinajstić information content (AvgIpc) is 3.03. The summed E-state index contributed by atoms with van der Waals surface area (Å²) in [6.45, 7) is 2.25. The lowest BCUT2D eigenvalue weighted by Crippen LogP contribution is -2.22. The van der Waals surface area contributed by atoms with E-state index in [4.69, 9.17) is 22.1 Å². The largest absolute Gasteiger partial charge is 0.495 e. The molecule has 1 saturated carbocycles. The second-order valence-corrected chi connectivity index (χ2v) is 4.77. The molecular formula is C12H15ClFNO. The van der Waals surface area contributed by atoms with Crippen molar-refractivity contribution in [3.63, 3.8) is 0 Å². The van der Waals surface area contributed by atoms with Crippen LogP contribution >= 0.6 is 11.6 Å². The molecule has 1 fully saturated rings. The lowest BCUT2D eigenvalue weighted by molar-refractivity contribution is 0.401. The van der Waals surface area contributed by atoms with Crippen LogP contribution in [-0.4, -0.2) is 13.7 Å². The van der Waals surface area contributed by atoms with Gasteiger partial charge in [0.25, 0.3) is 0 Å². The van der Waals surface area contributed by atoms with Crippen molar-refractivity contribution in [1.29, 1.82) is 0 Å². The first-order valence-electron chi connectivity index (χ1n) is 5.29. The van der Waals surface area contributed by atoms with Crippen LogP contribution in [0, 0.1) is 12.7 Å². The maximum absolute atomic E-state index is 13.7. The molecule has 0 saturated heterocycles. The Balaban J connectivity index is 2.66. The van der Waals surface area contributed by atoms with Gasteiger partial charge in [0.2, 0.25) is 0 Å². The van der Waals surface area contributed by atoms with Crippen molar-refractivity contribution >= 4 is 11.6 Å². The molecule has 0 bridgehead atoms. The Labute approximate surface area is 99.5 Å². The second kappa shape index (κ2) is 3.90. The van der Waals surface area contributed by atoms with Crippen LogP contribution < -0.4 is 10.5 Å². The van der Waals surface area contributed by atoms with Gasteiger partial charge in [-0.25, -0.2) is 4.39 Å². The number of methoxy groups -OCH3 is 1. The summed E-state index contributed by atoms with van der Waals surface area (Å²) in [6, 6.07) is 1.30. The number of hydrogen-bond donors (Lipinski definition) is 1. The smallest absolute Gasteiger partial charge is 0.141 e. The zero-order valence-corrected chi connectivity index (χ0v) is 10.2. The molecule has 0 aliphatic heterocycles. The minimum absolute atomic E-state index is 0.124. The first-order chi connectivity index (χ1) is 7.55. The number of halogens is 2. The minimum Gasteiger partial charge on any atom is -0.495 e. The molecule has 4 heteroatoms. The Morgan fingerprint density at radius 2 is 2.19 bits per heavy atom. The molecule has 0 spiro atoms. The molecule has 88 valence electrons. The topological polar surface area (TPSA) is 35.2 Å². The van der Waals surface area contributed by atoms with E-state index in [9.17, 15) is 4.39 Å². The van der Waals surface area contributed by atoms with Crippen LogP contribution in [0.1, 0.15) is 24.0 Å². The maximum Gasteiger partial charge on any atom is 0.141 e. The number of benzene rings is 1. The Morgan fingerprint density at radius 1 is 1.56 bits per heavy atom. The first kappa shape index (κ1) is 11.7. The van der Waals surface area contributed by atoms with Gasteiger partial charge in [0.05, 0.1) is 12.1 Å². The standard InChI is InChI=1S/C12H15ClFNO/c1-7-9(14)5-8(13)11(16-2)10(7)12(6-15)3-4-12/h5H,3-4,6,15H2,1-2H3. The van der Waals surface area contributed by atoms with Crippen molar-refractivity contribution in [3.8, 4) is 5.75 Å². The monoisotopic (exact) mass is 243 g/mol. The molecule has 2 N–H and O–H groups in total. The van der Waals surface area contributed by atoms with Crippen LogP contribution in [0.15, 0.2) is 6.07 Å². The lowest BCUT2D eigenvalue weighted by atomic mass is 9.90. The Kier molecular flexibility index (Phi) is 2.84. The summed E-state index contributed by atoms with van der Waals surface area (Å²) in [5, 5.41) is 0.320. The number of nitrogens with two attached hydrogens (primary N) is 1. The molecule has 0 radical (unpaired) electrons. The average molecular weight is 244 g/mol. The molecule has 0 unspecified atom stereocenters. The van der Waals surface area contributed by atoms with E-state index in [1.54, 1.807) is 14.0 Å². The zero-order valence-electron chi connectivity index (χ0n) is 9.44. The van der Waals surface area contributed by atoms with Crippen molar-refractivity contribution in [2.24, 2.45) is 5.73 Å². The fourth-order valence-corrected chi connectivity index (χ4v) is 2.51. The predicted molar refractivity (Wildman–Crippen MR) is 62.7 cm³/mol. The van der Waals surface area contributed by atoms with Crippen LogP contribution in [0.2, 0.25) is 5.02 Å². The summed E-state index contributed by atoms with van der Waals surface area (Å²) in [7, 11) is 1.55. The molecule has 0 atom stereocenters. The Hall–Kier alpha value is -0.800. The molecule has 16 heavy (non-hydrogen) atoms. The molecule has 2 nitrogen and oxygen atoms in total. The van der Waals surface area contributed by atoms with E-state index in [-0.39, 0.29) is 11.2 Å². The quantitative estimate of drug-likeness (QED) is 0.886. The normalized spacial score (nSPS) is 17.3. The lowest BCUT2D eigenvalue weighted by Gasteiger charge is -2.21. The van der Waals surface area contributed by atoms with Crippen molar-refractivity contribution in [3.05, 3.63) is 28.0 Å². The highest BCUT2D eigenvalue weighted by Gasteiger charge is 2.46. The molecule has 2 rings (SSSR count). The van der Waals surface area contributed by atoms with E-state index >= 15 is 0 Å². The first-order valence-corrected chi connectivity index (χ1v) is 5.66. The highest BCUT2D eigenvalue weighted by atomic mass is 35.5. The van der Waals surface area contributed by atoms with Crippen LogP contribution in [0.3, 0.4) is 0 Å². The van der Waals surface area contributed by atoms with Gasteiger partial charge in [-0.3, -0.25) is 0 Å². The van der Waals surface area contributed by atoms with Gasteiger partial charge in [0, 0.05) is 17.5 Å². The van der Waals surface area contributed by atoms with Crippen LogP contribution in [0.25, 0.3) is 0 Å². The number of ether oxygens (including phenoxy) is 1. The van der Waals surface area contributed by atoms with Crippen LogP contribution in [0.5, 0.6) is 5.75 Å². The zero-order chi connectivity index (χ0) is 11.9. The van der Waals surface area contributed by atoms with Crippen LogP contribution in [0.4, 0.5) is 4.39 Å². The molecule has 0 aromatic heterocycles. The molecule has 1 aliphatic rings. The van der Waals surface area contributed by atoms with E-state index in [0.717, 1.165) is 18.4 Å². The summed E-state index contributed by atoms with van der Waals surface area (Å²) in [5.74, 6) is 0.282. The van der Waals surface area contributed by atoms with Crippen molar-refractivity contribution in [1.82, 2.24) is 0 Å². The second-order valence-electron chi connectivity index (χ2n) is 4.36. The third-order valence-electron chi connectivity index (χ3n) is 3.41. The predicted octanol–water partition coefficient (Wildman–Crippen LogP) is 2.79. The van der Waals surface area contributed by atoms with Gasteiger partial charge >= 0.3 is 0 Å². The van der Waals surface area contributed by atoms with Crippen LogP contribution in [-0.2, 0) is 5.41 Å². The number of hydrogen-bond acceptors (Lipinski definition) is 2. The van der Waals surface area contributed by atoms with E-state index in [1.807, 2.05) is 0 Å². The van der Waals surface area contributed by atoms with Crippen molar-refractivity contribution < 1.29 is 9.13 Å². The molecule has 1 aromatic carbocycles. The molecular weight excluding hydrogens is 229 g/mol. The van der Waals surface area contributed by atoms with Crippen molar-refractivity contribution in [2.75, 3.05) is 13.7 Å². The van der Waals surface area contributed by atoms with Gasteiger partial charge in [0.15, 0.2) is 0 Å². The van der Waals surface area contributed by atoms with E-state index in [2.05, 4.69) is 0 Å². The highest BCUT2D eigenvalue weighted by Crippen LogP contribution is 2.53. The third-order valence-corrected chi connectivity index (χ3v) is 3.69. The van der Waals surface area contributed by atoms with E-state index in [0.29, 0.717) is 22.9 Å².